The normalized spacial score (nSPS) is 23.8. The lowest BCUT2D eigenvalue weighted by molar-refractivity contribution is -0.193. The Morgan fingerprint density at radius 1 is 0.765 bits per heavy atom. The number of ketones is 1. The summed E-state index contributed by atoms with van der Waals surface area (Å²) in [7, 11) is 0. The van der Waals surface area contributed by atoms with Crippen molar-refractivity contribution in [2.45, 2.75) is 24.1 Å². The standard InChI is InChI=1S/C26H22O8/c27-22(17-10-4-1-5-11-17)26(31)23(28)21(33-25(30)19-14-8-3-9-15-19)20(34-26)16-32-24(29)18-12-6-2-7-13-18/h1-15,20-21,23,28,31H,16H2/t20-,21-,23-,26+/m0/s1. The molecule has 3 aromatic carbocycles. The molecule has 3 aromatic rings. The van der Waals surface area contributed by atoms with E-state index in [0.29, 0.717) is 0 Å². The molecule has 0 bridgehead atoms. The third-order valence-corrected chi connectivity index (χ3v) is 5.41. The molecule has 4 rings (SSSR count). The highest BCUT2D eigenvalue weighted by Gasteiger charge is 2.60. The number of Topliss-reactive ketones (excluding diaryl/α,β-unsaturated/α-hetero) is 1. The topological polar surface area (TPSA) is 119 Å². The molecule has 4 atom stereocenters. The van der Waals surface area contributed by atoms with Gasteiger partial charge in [0, 0.05) is 5.56 Å². The van der Waals surface area contributed by atoms with E-state index in [2.05, 4.69) is 0 Å². The molecule has 8 heteroatoms. The molecule has 0 unspecified atom stereocenters. The molecule has 2 N–H and O–H groups in total. The molecular weight excluding hydrogens is 440 g/mol. The maximum Gasteiger partial charge on any atom is 0.338 e. The average Bonchev–Trinajstić information content (AvgIpc) is 3.13. The summed E-state index contributed by atoms with van der Waals surface area (Å²) < 4.78 is 16.2. The van der Waals surface area contributed by atoms with Crippen LogP contribution >= 0.6 is 0 Å². The van der Waals surface area contributed by atoms with Gasteiger partial charge in [0.1, 0.15) is 12.7 Å². The van der Waals surface area contributed by atoms with Crippen molar-refractivity contribution < 1.29 is 38.8 Å². The molecule has 0 radical (unpaired) electrons. The van der Waals surface area contributed by atoms with E-state index in [1.807, 2.05) is 0 Å². The molecule has 0 spiro atoms. The number of carbonyl (C=O) groups is 3. The third-order valence-electron chi connectivity index (χ3n) is 5.41. The van der Waals surface area contributed by atoms with E-state index in [-0.39, 0.29) is 16.7 Å². The van der Waals surface area contributed by atoms with E-state index in [1.165, 1.54) is 24.3 Å². The van der Waals surface area contributed by atoms with Crippen LogP contribution in [-0.4, -0.2) is 58.6 Å². The number of hydrogen-bond donors (Lipinski definition) is 2. The minimum absolute atomic E-state index is 0.0825. The molecule has 8 nitrogen and oxygen atoms in total. The van der Waals surface area contributed by atoms with Gasteiger partial charge >= 0.3 is 11.9 Å². The van der Waals surface area contributed by atoms with E-state index in [9.17, 15) is 24.6 Å². The van der Waals surface area contributed by atoms with Crippen LogP contribution in [0.2, 0.25) is 0 Å². The lowest BCUT2D eigenvalue weighted by Crippen LogP contribution is -2.50. The van der Waals surface area contributed by atoms with Crippen LogP contribution in [0.1, 0.15) is 31.1 Å². The minimum atomic E-state index is -2.72. The molecular formula is C26H22O8. The second kappa shape index (κ2) is 9.96. The number of esters is 2. The first kappa shape index (κ1) is 23.3. The van der Waals surface area contributed by atoms with E-state index < -0.39 is 48.4 Å². The van der Waals surface area contributed by atoms with Crippen LogP contribution < -0.4 is 0 Å². The van der Waals surface area contributed by atoms with Gasteiger partial charge in [-0.1, -0.05) is 66.7 Å². The van der Waals surface area contributed by atoms with Crippen LogP contribution in [0, 0.1) is 0 Å². The number of carbonyl (C=O) groups excluding carboxylic acids is 3. The van der Waals surface area contributed by atoms with Crippen molar-refractivity contribution >= 4 is 17.7 Å². The molecule has 1 fully saturated rings. The van der Waals surface area contributed by atoms with Crippen molar-refractivity contribution in [2.24, 2.45) is 0 Å². The highest BCUT2D eigenvalue weighted by molar-refractivity contribution is 6.02. The van der Waals surface area contributed by atoms with Gasteiger partial charge in [-0.2, -0.15) is 0 Å². The second-order valence-corrected chi connectivity index (χ2v) is 7.69. The lowest BCUT2D eigenvalue weighted by Gasteiger charge is -2.24. The molecule has 1 aliphatic heterocycles. The molecule has 1 heterocycles. The van der Waals surface area contributed by atoms with Gasteiger partial charge in [0.05, 0.1) is 11.1 Å². The molecule has 0 aromatic heterocycles. The molecule has 34 heavy (non-hydrogen) atoms. The van der Waals surface area contributed by atoms with Crippen molar-refractivity contribution in [3.05, 3.63) is 108 Å². The van der Waals surface area contributed by atoms with E-state index >= 15 is 0 Å². The Morgan fingerprint density at radius 2 is 1.24 bits per heavy atom. The largest absolute Gasteiger partial charge is 0.459 e. The van der Waals surface area contributed by atoms with Crippen molar-refractivity contribution in [3.63, 3.8) is 0 Å². The van der Waals surface area contributed by atoms with Gasteiger partial charge in [-0.15, -0.1) is 0 Å². The van der Waals surface area contributed by atoms with Crippen LogP contribution in [0.3, 0.4) is 0 Å². The zero-order chi connectivity index (χ0) is 24.1. The summed E-state index contributed by atoms with van der Waals surface area (Å²) in [5.41, 5.74) is 0.549. The van der Waals surface area contributed by atoms with E-state index in [4.69, 9.17) is 14.2 Å². The molecule has 1 aliphatic rings. The number of rotatable bonds is 7. The highest BCUT2D eigenvalue weighted by atomic mass is 16.7. The number of hydrogen-bond acceptors (Lipinski definition) is 8. The first-order chi connectivity index (χ1) is 16.4. The lowest BCUT2D eigenvalue weighted by atomic mass is 9.96. The van der Waals surface area contributed by atoms with Gasteiger partial charge < -0.3 is 24.4 Å². The van der Waals surface area contributed by atoms with Gasteiger partial charge in [0.15, 0.2) is 12.2 Å². The molecule has 0 saturated carbocycles. The zero-order valence-electron chi connectivity index (χ0n) is 17.9. The number of benzene rings is 3. The summed E-state index contributed by atoms with van der Waals surface area (Å²) in [6.45, 7) is -0.484. The summed E-state index contributed by atoms with van der Waals surface area (Å²) in [6, 6.07) is 23.9. The summed E-state index contributed by atoms with van der Waals surface area (Å²) in [4.78, 5) is 38.0. The Labute approximate surface area is 195 Å². The van der Waals surface area contributed by atoms with E-state index in [0.717, 1.165) is 0 Å². The predicted octanol–water partition coefficient (Wildman–Crippen LogP) is 2.40. The Balaban J connectivity index is 1.57. The maximum atomic E-state index is 13.0. The van der Waals surface area contributed by atoms with Crippen LogP contribution in [-0.2, 0) is 14.2 Å². The molecule has 0 aliphatic carbocycles. The number of aliphatic hydroxyl groups excluding tert-OH is 1. The molecule has 1 saturated heterocycles. The first-order valence-corrected chi connectivity index (χ1v) is 10.6. The molecule has 0 amide bonds. The zero-order valence-corrected chi connectivity index (χ0v) is 17.9. The van der Waals surface area contributed by atoms with Gasteiger partial charge in [-0.05, 0) is 24.3 Å². The fourth-order valence-electron chi connectivity index (χ4n) is 3.63. The monoisotopic (exact) mass is 462 g/mol. The number of ether oxygens (including phenoxy) is 3. The van der Waals surface area contributed by atoms with Crippen LogP contribution in [0.5, 0.6) is 0 Å². The van der Waals surface area contributed by atoms with Gasteiger partial charge in [0.2, 0.25) is 5.78 Å². The first-order valence-electron chi connectivity index (χ1n) is 10.6. The number of aliphatic hydroxyl groups is 2. The summed E-state index contributed by atoms with van der Waals surface area (Å²) >= 11 is 0. The Kier molecular flexibility index (Phi) is 6.83. The SMILES string of the molecule is O=C(OC[C@@H]1O[C@](O)(C(=O)c2ccccc2)[C@@H](O)[C@H]1OC(=O)c1ccccc1)c1ccccc1. The average molecular weight is 462 g/mol. The Bertz CT molecular complexity index is 1150. The summed E-state index contributed by atoms with van der Waals surface area (Å²) in [6.07, 6.45) is -4.74. The quantitative estimate of drug-likeness (QED) is 0.406. The van der Waals surface area contributed by atoms with Gasteiger partial charge in [-0.3, -0.25) is 4.79 Å². The maximum absolute atomic E-state index is 13.0. The van der Waals surface area contributed by atoms with E-state index in [1.54, 1.807) is 66.7 Å². The Morgan fingerprint density at radius 3 is 1.76 bits per heavy atom. The van der Waals surface area contributed by atoms with Crippen LogP contribution in [0.25, 0.3) is 0 Å². The summed E-state index contributed by atoms with van der Waals surface area (Å²) in [5, 5.41) is 21.9. The summed E-state index contributed by atoms with van der Waals surface area (Å²) in [5.74, 6) is -5.12. The van der Waals surface area contributed by atoms with Crippen LogP contribution in [0.4, 0.5) is 0 Å². The fraction of sp³-hybridized carbons (Fsp3) is 0.192. The second-order valence-electron chi connectivity index (χ2n) is 7.69. The predicted molar refractivity (Wildman–Crippen MR) is 119 cm³/mol. The molecule has 174 valence electrons. The van der Waals surface area contributed by atoms with Gasteiger partial charge in [-0.25, -0.2) is 9.59 Å². The third kappa shape index (κ3) is 4.74. The van der Waals surface area contributed by atoms with Crippen molar-refractivity contribution in [3.8, 4) is 0 Å². The Hall–Kier alpha value is -3.85. The van der Waals surface area contributed by atoms with Crippen molar-refractivity contribution in [1.82, 2.24) is 0 Å². The van der Waals surface area contributed by atoms with Crippen molar-refractivity contribution in [1.29, 1.82) is 0 Å². The fourth-order valence-corrected chi connectivity index (χ4v) is 3.63. The highest BCUT2D eigenvalue weighted by Crippen LogP contribution is 2.35. The van der Waals surface area contributed by atoms with Crippen molar-refractivity contribution in [2.75, 3.05) is 6.61 Å². The smallest absolute Gasteiger partial charge is 0.338 e. The minimum Gasteiger partial charge on any atom is -0.459 e. The van der Waals surface area contributed by atoms with Gasteiger partial charge in [0.25, 0.3) is 5.79 Å². The van der Waals surface area contributed by atoms with Crippen LogP contribution in [0.15, 0.2) is 91.0 Å².